The first kappa shape index (κ1) is 13.6. The first-order chi connectivity index (χ1) is 7.79. The van der Waals surface area contributed by atoms with E-state index >= 15 is 0 Å². The second kappa shape index (κ2) is 5.21. The summed E-state index contributed by atoms with van der Waals surface area (Å²) in [4.78, 5) is 11.5. The molecule has 0 N–H and O–H groups in total. The largest absolute Gasteiger partial charge is 0.481 e. The minimum Gasteiger partial charge on any atom is -0.481 e. The van der Waals surface area contributed by atoms with Gasteiger partial charge in [-0.3, -0.25) is 0 Å². The zero-order chi connectivity index (χ0) is 13.1. The van der Waals surface area contributed by atoms with Crippen molar-refractivity contribution >= 4 is 5.97 Å². The van der Waals surface area contributed by atoms with Crippen molar-refractivity contribution < 1.29 is 14.3 Å². The summed E-state index contributed by atoms with van der Waals surface area (Å²) in [5.74, 6) is 0.415. The number of hydrogen-bond acceptors (Lipinski definition) is 3. The maximum Gasteiger partial charge on any atom is 0.344 e. The van der Waals surface area contributed by atoms with Gasteiger partial charge in [-0.25, -0.2) is 4.79 Å². The van der Waals surface area contributed by atoms with E-state index in [9.17, 15) is 4.79 Å². The molecule has 1 rings (SSSR count). The third kappa shape index (κ3) is 4.47. The molecular formula is C14H20O3. The number of ether oxygens (including phenoxy) is 2. The molecule has 3 nitrogen and oxygen atoms in total. The summed E-state index contributed by atoms with van der Waals surface area (Å²) in [5.41, 5.74) is 1.57. The fourth-order valence-corrected chi connectivity index (χ4v) is 1.53. The van der Waals surface area contributed by atoms with Crippen LogP contribution in [0.25, 0.3) is 0 Å². The molecule has 0 saturated heterocycles. The molecule has 0 aliphatic rings. The minimum absolute atomic E-state index is 0.0526. The zero-order valence-electron chi connectivity index (χ0n) is 11.2. The van der Waals surface area contributed by atoms with Crippen LogP contribution in [0.15, 0.2) is 18.2 Å². The molecule has 94 valence electrons. The van der Waals surface area contributed by atoms with Crippen molar-refractivity contribution in [3.8, 4) is 5.75 Å². The van der Waals surface area contributed by atoms with Gasteiger partial charge in [-0.05, 0) is 45.7 Å². The Morgan fingerprint density at radius 1 is 1.18 bits per heavy atom. The quantitative estimate of drug-likeness (QED) is 0.757. The molecule has 0 aliphatic carbocycles. The van der Waals surface area contributed by atoms with Crippen LogP contribution in [0.3, 0.4) is 0 Å². The lowest BCUT2D eigenvalue weighted by molar-refractivity contribution is -0.157. The van der Waals surface area contributed by atoms with Crippen LogP contribution in [0.2, 0.25) is 0 Å². The van der Waals surface area contributed by atoms with Crippen LogP contribution in [-0.4, -0.2) is 18.2 Å². The topological polar surface area (TPSA) is 35.5 Å². The highest BCUT2D eigenvalue weighted by atomic mass is 16.6. The highest BCUT2D eigenvalue weighted by molar-refractivity contribution is 5.71. The molecule has 0 aliphatic heterocycles. The molecule has 0 aromatic heterocycles. The number of hydrogen-bond donors (Lipinski definition) is 0. The number of para-hydroxylation sites is 1. The average Bonchev–Trinajstić information content (AvgIpc) is 2.14. The molecule has 3 heteroatoms. The van der Waals surface area contributed by atoms with Crippen molar-refractivity contribution in [3.63, 3.8) is 0 Å². The number of aryl methyl sites for hydroxylation is 2. The minimum atomic E-state index is -0.471. The SMILES string of the molecule is Cc1cccc(C)c1OCC(=O)OC(C)(C)C. The fraction of sp³-hybridized carbons (Fsp3) is 0.500. The maximum absolute atomic E-state index is 11.5. The Morgan fingerprint density at radius 2 is 1.71 bits per heavy atom. The highest BCUT2D eigenvalue weighted by Gasteiger charge is 2.17. The van der Waals surface area contributed by atoms with Gasteiger partial charge in [0.25, 0.3) is 0 Å². The van der Waals surface area contributed by atoms with E-state index in [1.807, 2.05) is 52.8 Å². The van der Waals surface area contributed by atoms with Crippen molar-refractivity contribution in [1.29, 1.82) is 0 Å². The van der Waals surface area contributed by atoms with E-state index in [4.69, 9.17) is 9.47 Å². The monoisotopic (exact) mass is 236 g/mol. The molecule has 0 saturated carbocycles. The van der Waals surface area contributed by atoms with Crippen LogP contribution < -0.4 is 4.74 Å². The summed E-state index contributed by atoms with van der Waals surface area (Å²) in [6, 6.07) is 5.87. The van der Waals surface area contributed by atoms with Gasteiger partial charge in [0.05, 0.1) is 0 Å². The second-order valence-corrected chi connectivity index (χ2v) is 5.10. The Balaban J connectivity index is 2.59. The summed E-state index contributed by atoms with van der Waals surface area (Å²) < 4.78 is 10.7. The van der Waals surface area contributed by atoms with Crippen molar-refractivity contribution in [2.45, 2.75) is 40.2 Å². The smallest absolute Gasteiger partial charge is 0.344 e. The van der Waals surface area contributed by atoms with Crippen molar-refractivity contribution in [2.24, 2.45) is 0 Å². The van der Waals surface area contributed by atoms with E-state index in [-0.39, 0.29) is 12.6 Å². The molecule has 0 amide bonds. The Labute approximate surface area is 103 Å². The molecular weight excluding hydrogens is 216 g/mol. The lowest BCUT2D eigenvalue weighted by atomic mass is 10.1. The van der Waals surface area contributed by atoms with Gasteiger partial charge < -0.3 is 9.47 Å². The van der Waals surface area contributed by atoms with Crippen LogP contribution in [0.4, 0.5) is 0 Å². The van der Waals surface area contributed by atoms with Crippen LogP contribution in [0, 0.1) is 13.8 Å². The fourth-order valence-electron chi connectivity index (χ4n) is 1.53. The summed E-state index contributed by atoms with van der Waals surface area (Å²) in [6.45, 7) is 9.37. The number of carbonyl (C=O) groups is 1. The van der Waals surface area contributed by atoms with E-state index in [1.165, 1.54) is 0 Å². The molecule has 0 unspecified atom stereocenters. The molecule has 0 fully saturated rings. The van der Waals surface area contributed by atoms with Gasteiger partial charge in [-0.2, -0.15) is 0 Å². The standard InChI is InChI=1S/C14H20O3/c1-10-7-6-8-11(2)13(10)16-9-12(15)17-14(3,4)5/h6-8H,9H2,1-5H3. The third-order valence-electron chi connectivity index (χ3n) is 2.16. The molecule has 0 atom stereocenters. The van der Waals surface area contributed by atoms with E-state index in [1.54, 1.807) is 0 Å². The number of benzene rings is 1. The van der Waals surface area contributed by atoms with Crippen LogP contribution in [0.5, 0.6) is 5.75 Å². The molecule has 1 aromatic rings. The molecule has 0 bridgehead atoms. The molecule has 0 radical (unpaired) electrons. The van der Waals surface area contributed by atoms with Crippen molar-refractivity contribution in [3.05, 3.63) is 29.3 Å². The normalized spacial score (nSPS) is 11.1. The molecule has 1 aromatic carbocycles. The van der Waals surface area contributed by atoms with E-state index in [2.05, 4.69) is 0 Å². The average molecular weight is 236 g/mol. The van der Waals surface area contributed by atoms with Gasteiger partial charge >= 0.3 is 5.97 Å². The van der Waals surface area contributed by atoms with Crippen LogP contribution in [0.1, 0.15) is 31.9 Å². The van der Waals surface area contributed by atoms with E-state index in [0.29, 0.717) is 0 Å². The first-order valence-electron chi connectivity index (χ1n) is 5.70. The second-order valence-electron chi connectivity index (χ2n) is 5.10. The van der Waals surface area contributed by atoms with Crippen LogP contribution >= 0.6 is 0 Å². The lowest BCUT2D eigenvalue weighted by Gasteiger charge is -2.20. The number of esters is 1. The van der Waals surface area contributed by atoms with Gasteiger partial charge in [-0.1, -0.05) is 18.2 Å². The van der Waals surface area contributed by atoms with E-state index < -0.39 is 5.60 Å². The van der Waals surface area contributed by atoms with Gasteiger partial charge in [0.2, 0.25) is 0 Å². The third-order valence-corrected chi connectivity index (χ3v) is 2.16. The Hall–Kier alpha value is -1.51. The van der Waals surface area contributed by atoms with Crippen LogP contribution in [-0.2, 0) is 9.53 Å². The van der Waals surface area contributed by atoms with Crippen molar-refractivity contribution in [1.82, 2.24) is 0 Å². The Kier molecular flexibility index (Phi) is 4.16. The highest BCUT2D eigenvalue weighted by Crippen LogP contribution is 2.22. The summed E-state index contributed by atoms with van der Waals surface area (Å²) in [6.07, 6.45) is 0. The van der Waals surface area contributed by atoms with Gasteiger partial charge in [0, 0.05) is 0 Å². The first-order valence-corrected chi connectivity index (χ1v) is 5.70. The summed E-state index contributed by atoms with van der Waals surface area (Å²) in [5, 5.41) is 0. The number of rotatable bonds is 3. The molecule has 0 spiro atoms. The van der Waals surface area contributed by atoms with Crippen molar-refractivity contribution in [2.75, 3.05) is 6.61 Å². The van der Waals surface area contributed by atoms with Gasteiger partial charge in [0.1, 0.15) is 11.4 Å². The predicted octanol–water partition coefficient (Wildman–Crippen LogP) is 3.02. The maximum atomic E-state index is 11.5. The molecule has 17 heavy (non-hydrogen) atoms. The number of carbonyl (C=O) groups excluding carboxylic acids is 1. The summed E-state index contributed by atoms with van der Waals surface area (Å²) in [7, 11) is 0. The molecule has 0 heterocycles. The van der Waals surface area contributed by atoms with E-state index in [0.717, 1.165) is 16.9 Å². The Morgan fingerprint density at radius 3 is 2.18 bits per heavy atom. The zero-order valence-corrected chi connectivity index (χ0v) is 11.2. The predicted molar refractivity (Wildman–Crippen MR) is 67.3 cm³/mol. The van der Waals surface area contributed by atoms with Gasteiger partial charge in [0.15, 0.2) is 6.61 Å². The Bertz CT molecular complexity index is 382. The summed E-state index contributed by atoms with van der Waals surface area (Å²) >= 11 is 0. The lowest BCUT2D eigenvalue weighted by Crippen LogP contribution is -2.27. The van der Waals surface area contributed by atoms with Gasteiger partial charge in [-0.15, -0.1) is 0 Å².